The van der Waals surface area contributed by atoms with Gasteiger partial charge in [-0.2, -0.15) is 4.98 Å². The van der Waals surface area contributed by atoms with Crippen molar-refractivity contribution >= 4 is 28.7 Å². The smallest absolute Gasteiger partial charge is 0.336 e. The van der Waals surface area contributed by atoms with Crippen LogP contribution in [0.15, 0.2) is 72.8 Å². The minimum atomic E-state index is -1.04. The minimum Gasteiger partial charge on any atom is -0.478 e. The Labute approximate surface area is 198 Å². The van der Waals surface area contributed by atoms with Crippen LogP contribution in [0.25, 0.3) is 33.5 Å². The molecule has 0 aliphatic carbocycles. The van der Waals surface area contributed by atoms with Gasteiger partial charge in [0.2, 0.25) is 0 Å². The van der Waals surface area contributed by atoms with E-state index in [9.17, 15) is 14.3 Å². The molecule has 2 aromatic heterocycles. The number of nitrogens with one attached hydrogen (secondary N) is 1. The zero-order valence-electron chi connectivity index (χ0n) is 17.8. The summed E-state index contributed by atoms with van der Waals surface area (Å²) < 4.78 is 19.8. The number of aromatic nitrogens is 3. The molecule has 0 radical (unpaired) electrons. The number of aromatic carboxylic acids is 1. The Balaban J connectivity index is 1.45. The van der Waals surface area contributed by atoms with Crippen LogP contribution in [0.3, 0.4) is 0 Å². The van der Waals surface area contributed by atoms with Crippen LogP contribution in [0.5, 0.6) is 11.8 Å². The van der Waals surface area contributed by atoms with Crippen molar-refractivity contribution in [3.8, 4) is 34.1 Å². The number of carboxylic acid groups (broad SMARTS) is 1. The molecule has 5 rings (SSSR count). The van der Waals surface area contributed by atoms with Crippen LogP contribution in [0.2, 0.25) is 5.02 Å². The Morgan fingerprint density at radius 1 is 1.00 bits per heavy atom. The maximum atomic E-state index is 14.1. The fourth-order valence-corrected chi connectivity index (χ4v) is 3.92. The van der Waals surface area contributed by atoms with Crippen molar-refractivity contribution in [3.63, 3.8) is 0 Å². The quantitative estimate of drug-likeness (QED) is 0.290. The fourth-order valence-electron chi connectivity index (χ4n) is 3.66. The second-order valence-corrected chi connectivity index (χ2v) is 8.08. The summed E-state index contributed by atoms with van der Waals surface area (Å²) in [5.41, 5.74) is 4.26. The van der Waals surface area contributed by atoms with Crippen LogP contribution in [-0.2, 0) is 0 Å². The van der Waals surface area contributed by atoms with Gasteiger partial charge in [0.05, 0.1) is 21.8 Å². The molecule has 0 atom stereocenters. The highest BCUT2D eigenvalue weighted by molar-refractivity contribution is 6.33. The van der Waals surface area contributed by atoms with Gasteiger partial charge >= 0.3 is 12.0 Å². The molecule has 0 spiro atoms. The maximum Gasteiger partial charge on any atom is 0.336 e. The Hall–Kier alpha value is -4.23. The SMILES string of the molecule is Cc1ccc(Oc2nc3nc(-c4ccc(-c5ccccc5F)cc4)c(Cl)cc3[nH]2)cc1C(=O)O. The van der Waals surface area contributed by atoms with Crippen molar-refractivity contribution < 1.29 is 19.0 Å². The normalized spacial score (nSPS) is 11.0. The van der Waals surface area contributed by atoms with Crippen LogP contribution in [0.4, 0.5) is 4.39 Å². The summed E-state index contributed by atoms with van der Waals surface area (Å²) in [4.78, 5) is 23.3. The number of aromatic amines is 1. The highest BCUT2D eigenvalue weighted by Crippen LogP contribution is 2.32. The lowest BCUT2D eigenvalue weighted by atomic mass is 10.0. The number of halogens is 2. The third-order valence-corrected chi connectivity index (χ3v) is 5.69. The van der Waals surface area contributed by atoms with Crippen LogP contribution >= 0.6 is 11.6 Å². The van der Waals surface area contributed by atoms with Crippen LogP contribution in [0.1, 0.15) is 15.9 Å². The van der Waals surface area contributed by atoms with Crippen molar-refractivity contribution in [2.45, 2.75) is 6.92 Å². The first-order valence-corrected chi connectivity index (χ1v) is 10.7. The van der Waals surface area contributed by atoms with E-state index in [2.05, 4.69) is 15.0 Å². The molecule has 2 N–H and O–H groups in total. The molecule has 2 heterocycles. The summed E-state index contributed by atoms with van der Waals surface area (Å²) in [6.07, 6.45) is 0. The van der Waals surface area contributed by atoms with Crippen molar-refractivity contribution in [1.82, 2.24) is 15.0 Å². The Morgan fingerprint density at radius 3 is 2.47 bits per heavy atom. The lowest BCUT2D eigenvalue weighted by Gasteiger charge is -2.07. The lowest BCUT2D eigenvalue weighted by Crippen LogP contribution is -2.00. The van der Waals surface area contributed by atoms with Gasteiger partial charge in [-0.3, -0.25) is 0 Å². The predicted molar refractivity (Wildman–Crippen MR) is 128 cm³/mol. The van der Waals surface area contributed by atoms with Gasteiger partial charge in [-0.15, -0.1) is 0 Å². The molecule has 5 aromatic rings. The van der Waals surface area contributed by atoms with Crippen LogP contribution < -0.4 is 4.74 Å². The van der Waals surface area contributed by atoms with E-state index in [4.69, 9.17) is 16.3 Å². The molecule has 168 valence electrons. The van der Waals surface area contributed by atoms with E-state index in [-0.39, 0.29) is 17.4 Å². The molecule has 8 heteroatoms. The van der Waals surface area contributed by atoms with Crippen molar-refractivity contribution in [3.05, 3.63) is 94.8 Å². The van der Waals surface area contributed by atoms with Crippen molar-refractivity contribution in [2.75, 3.05) is 0 Å². The van der Waals surface area contributed by atoms with Crippen molar-refractivity contribution in [1.29, 1.82) is 0 Å². The Morgan fingerprint density at radius 2 is 1.74 bits per heavy atom. The average Bonchev–Trinajstić information content (AvgIpc) is 3.21. The molecule has 0 saturated heterocycles. The number of nitrogens with zero attached hydrogens (tertiary/aromatic N) is 2. The zero-order chi connectivity index (χ0) is 23.8. The number of H-pyrrole nitrogens is 1. The van der Waals surface area contributed by atoms with Gasteiger partial charge in [0.25, 0.3) is 0 Å². The van der Waals surface area contributed by atoms with Gasteiger partial charge in [0.1, 0.15) is 11.6 Å². The summed E-state index contributed by atoms with van der Waals surface area (Å²) in [6, 6.07) is 20.5. The largest absolute Gasteiger partial charge is 0.478 e. The molecule has 6 nitrogen and oxygen atoms in total. The standard InChI is InChI=1S/C26H17ClFN3O3/c1-14-6-11-17(12-19(14)25(32)33)34-26-29-22-13-20(27)23(30-24(22)31-26)16-9-7-15(8-10-16)18-4-2-3-5-21(18)28/h2-13H,1H3,(H,32,33)(H,29,30,31). The molecule has 3 aromatic carbocycles. The molecule has 34 heavy (non-hydrogen) atoms. The number of ether oxygens (including phenoxy) is 1. The second-order valence-electron chi connectivity index (χ2n) is 7.67. The van der Waals surface area contributed by atoms with E-state index in [1.54, 1.807) is 43.3 Å². The lowest BCUT2D eigenvalue weighted by molar-refractivity contribution is 0.0695. The minimum absolute atomic E-state index is 0.149. The predicted octanol–water partition coefficient (Wildman–Crippen LogP) is 6.88. The number of carbonyl (C=O) groups is 1. The van der Waals surface area contributed by atoms with E-state index in [0.717, 1.165) is 11.1 Å². The number of hydrogen-bond donors (Lipinski definition) is 2. The molecule has 0 saturated carbocycles. The second kappa shape index (κ2) is 8.61. The summed E-state index contributed by atoms with van der Waals surface area (Å²) in [5, 5.41) is 9.72. The number of rotatable bonds is 5. The topological polar surface area (TPSA) is 88.1 Å². The number of fused-ring (bicyclic) bond motifs is 1. The molecule has 0 unspecified atom stereocenters. The monoisotopic (exact) mass is 473 g/mol. The summed E-state index contributed by atoms with van der Waals surface area (Å²) >= 11 is 6.49. The number of hydrogen-bond acceptors (Lipinski definition) is 4. The number of carboxylic acids is 1. The van der Waals surface area contributed by atoms with E-state index < -0.39 is 5.97 Å². The number of benzene rings is 3. The van der Waals surface area contributed by atoms with Gasteiger partial charge in [-0.1, -0.05) is 60.1 Å². The number of imidazole rings is 1. The third kappa shape index (κ3) is 4.09. The van der Waals surface area contributed by atoms with Gasteiger partial charge in [0, 0.05) is 11.1 Å². The van der Waals surface area contributed by atoms with E-state index in [1.165, 1.54) is 12.1 Å². The van der Waals surface area contributed by atoms with Gasteiger partial charge in [0.15, 0.2) is 5.65 Å². The number of pyridine rings is 1. The van der Waals surface area contributed by atoms with Gasteiger partial charge < -0.3 is 14.8 Å². The molecule has 0 amide bonds. The van der Waals surface area contributed by atoms with Gasteiger partial charge in [-0.25, -0.2) is 14.2 Å². The third-order valence-electron chi connectivity index (χ3n) is 5.40. The Kier molecular flexibility index (Phi) is 5.47. The van der Waals surface area contributed by atoms with Crippen LogP contribution in [-0.4, -0.2) is 26.0 Å². The summed E-state index contributed by atoms with van der Waals surface area (Å²) in [5.74, 6) is -0.996. The zero-order valence-corrected chi connectivity index (χ0v) is 18.6. The molecule has 0 aliphatic rings. The molecular formula is C26H17ClFN3O3. The first-order chi connectivity index (χ1) is 16.4. The van der Waals surface area contributed by atoms with Crippen molar-refractivity contribution in [2.24, 2.45) is 0 Å². The molecular weight excluding hydrogens is 457 g/mol. The summed E-state index contributed by atoms with van der Waals surface area (Å²) in [7, 11) is 0. The van der Waals surface area contributed by atoms with E-state index in [0.29, 0.717) is 38.8 Å². The first-order valence-electron chi connectivity index (χ1n) is 10.3. The molecule has 0 fully saturated rings. The summed E-state index contributed by atoms with van der Waals surface area (Å²) in [6.45, 7) is 1.71. The highest BCUT2D eigenvalue weighted by atomic mass is 35.5. The average molecular weight is 474 g/mol. The fraction of sp³-hybridized carbons (Fsp3) is 0.0385. The molecule has 0 aliphatic heterocycles. The first kappa shape index (κ1) is 21.6. The van der Waals surface area contributed by atoms with E-state index in [1.807, 2.05) is 24.3 Å². The highest BCUT2D eigenvalue weighted by Gasteiger charge is 2.14. The van der Waals surface area contributed by atoms with E-state index >= 15 is 0 Å². The Bertz CT molecular complexity index is 1550. The van der Waals surface area contributed by atoms with Gasteiger partial charge in [-0.05, 0) is 42.3 Å². The molecule has 0 bridgehead atoms. The van der Waals surface area contributed by atoms with Crippen LogP contribution in [0, 0.1) is 12.7 Å². The maximum absolute atomic E-state index is 14.1. The number of aryl methyl sites for hydroxylation is 1.